The molecule has 1 N–H and O–H groups in total. The molecule has 0 bridgehead atoms. The first-order valence-corrected chi connectivity index (χ1v) is 11.7. The van der Waals surface area contributed by atoms with Crippen LogP contribution in [-0.2, 0) is 14.3 Å². The van der Waals surface area contributed by atoms with Gasteiger partial charge in [-0.15, -0.1) is 0 Å². The van der Waals surface area contributed by atoms with E-state index in [1.165, 1.54) is 12.0 Å². The molecule has 1 aliphatic carbocycles. The zero-order valence-electron chi connectivity index (χ0n) is 19.5. The maximum atomic E-state index is 12.3. The summed E-state index contributed by atoms with van der Waals surface area (Å²) in [4.78, 5) is 12.3. The molecule has 3 rings (SSSR count). The van der Waals surface area contributed by atoms with Crippen molar-refractivity contribution in [2.45, 2.75) is 104 Å². The molecular formula is C26H40O4. The van der Waals surface area contributed by atoms with Gasteiger partial charge in [0.05, 0.1) is 18.8 Å². The number of Topliss-reactive ketones (excluding diaryl/α,β-unsaturated/α-hetero) is 1. The smallest absolute Gasteiger partial charge is 0.189 e. The highest BCUT2D eigenvalue weighted by molar-refractivity contribution is 5.96. The average Bonchev–Trinajstić information content (AvgIpc) is 2.68. The molecule has 168 valence electrons. The summed E-state index contributed by atoms with van der Waals surface area (Å²) in [5.74, 6) is 0.0430. The van der Waals surface area contributed by atoms with E-state index in [9.17, 15) is 9.90 Å². The first kappa shape index (κ1) is 23.4. The molecule has 0 aromatic carbocycles. The standard InChI is InChI=1S/C26H40O4/c1-18(2)8-6-9-19(3)11-12-22-10-7-13-26(29-22)15-21(17-27)25(5)16-23(28)20(4)14-24(25)30-26/h8,14-15,19,22,24,27H,6-7,9-13,16-17H2,1-5H3/t19?,22-,24+,25+,26-/m0/s1. The monoisotopic (exact) mass is 416 g/mol. The van der Waals surface area contributed by atoms with Gasteiger partial charge in [0.2, 0.25) is 0 Å². The number of hydrogen-bond acceptors (Lipinski definition) is 4. The summed E-state index contributed by atoms with van der Waals surface area (Å²) in [6.07, 6.45) is 14.1. The number of carbonyl (C=O) groups excluding carboxylic acids is 1. The molecule has 0 radical (unpaired) electrons. The number of allylic oxidation sites excluding steroid dienone is 3. The maximum Gasteiger partial charge on any atom is 0.189 e. The highest BCUT2D eigenvalue weighted by atomic mass is 16.7. The summed E-state index contributed by atoms with van der Waals surface area (Å²) in [5.41, 5.74) is 2.55. The van der Waals surface area contributed by atoms with Crippen LogP contribution in [0.5, 0.6) is 0 Å². The van der Waals surface area contributed by atoms with Gasteiger partial charge >= 0.3 is 0 Å². The van der Waals surface area contributed by atoms with E-state index in [2.05, 4.69) is 26.8 Å². The van der Waals surface area contributed by atoms with E-state index in [0.717, 1.165) is 49.7 Å². The molecule has 0 saturated carbocycles. The molecule has 30 heavy (non-hydrogen) atoms. The molecule has 1 saturated heterocycles. The van der Waals surface area contributed by atoms with Gasteiger partial charge in [-0.3, -0.25) is 4.79 Å². The average molecular weight is 417 g/mol. The third kappa shape index (κ3) is 5.15. The van der Waals surface area contributed by atoms with Crippen LogP contribution in [-0.4, -0.2) is 35.5 Å². The number of hydrogen-bond donors (Lipinski definition) is 1. The number of rotatable bonds is 7. The van der Waals surface area contributed by atoms with E-state index in [1.54, 1.807) is 0 Å². The highest BCUT2D eigenvalue weighted by Crippen LogP contribution is 2.50. The van der Waals surface area contributed by atoms with Crippen molar-refractivity contribution < 1.29 is 19.4 Å². The predicted molar refractivity (Wildman–Crippen MR) is 120 cm³/mol. The van der Waals surface area contributed by atoms with Gasteiger partial charge in [-0.25, -0.2) is 0 Å². The van der Waals surface area contributed by atoms with E-state index in [4.69, 9.17) is 9.47 Å². The minimum Gasteiger partial charge on any atom is -0.392 e. The zero-order valence-corrected chi connectivity index (χ0v) is 19.5. The molecule has 4 heteroatoms. The van der Waals surface area contributed by atoms with Crippen LogP contribution in [0.2, 0.25) is 0 Å². The van der Waals surface area contributed by atoms with E-state index >= 15 is 0 Å². The highest BCUT2D eigenvalue weighted by Gasteiger charge is 2.52. The third-order valence-corrected chi connectivity index (χ3v) is 7.23. The lowest BCUT2D eigenvalue weighted by Gasteiger charge is -2.51. The van der Waals surface area contributed by atoms with Crippen LogP contribution < -0.4 is 0 Å². The summed E-state index contributed by atoms with van der Waals surface area (Å²) in [5, 5.41) is 10.1. The number of fused-ring (bicyclic) bond motifs is 1. The van der Waals surface area contributed by atoms with Crippen LogP contribution in [0, 0.1) is 11.3 Å². The molecule has 1 unspecified atom stereocenters. The van der Waals surface area contributed by atoms with Crippen molar-refractivity contribution in [2.24, 2.45) is 11.3 Å². The summed E-state index contributed by atoms with van der Waals surface area (Å²) >= 11 is 0. The largest absolute Gasteiger partial charge is 0.392 e. The Balaban J connectivity index is 1.67. The Morgan fingerprint density at radius 3 is 2.80 bits per heavy atom. The number of ketones is 1. The summed E-state index contributed by atoms with van der Waals surface area (Å²) in [7, 11) is 0. The van der Waals surface area contributed by atoms with Gasteiger partial charge < -0.3 is 14.6 Å². The third-order valence-electron chi connectivity index (χ3n) is 7.23. The lowest BCUT2D eigenvalue weighted by Crippen LogP contribution is -2.54. The van der Waals surface area contributed by atoms with Crippen LogP contribution in [0.3, 0.4) is 0 Å². The Kier molecular flexibility index (Phi) is 7.42. The van der Waals surface area contributed by atoms with Crippen molar-refractivity contribution in [3.63, 3.8) is 0 Å². The van der Waals surface area contributed by atoms with E-state index in [0.29, 0.717) is 12.3 Å². The molecular weight excluding hydrogens is 376 g/mol. The van der Waals surface area contributed by atoms with Gasteiger partial charge in [0.1, 0.15) is 0 Å². The molecule has 1 spiro atoms. The fourth-order valence-electron chi connectivity index (χ4n) is 5.09. The van der Waals surface area contributed by atoms with E-state index in [-0.39, 0.29) is 24.6 Å². The molecule has 3 aliphatic rings. The molecule has 5 atom stereocenters. The molecule has 2 heterocycles. The van der Waals surface area contributed by atoms with Crippen LogP contribution in [0.25, 0.3) is 0 Å². The zero-order chi connectivity index (χ0) is 21.9. The Hall–Kier alpha value is -1.23. The second-order valence-electron chi connectivity index (χ2n) is 10.2. The molecule has 4 nitrogen and oxygen atoms in total. The molecule has 0 amide bonds. The Bertz CT molecular complexity index is 729. The first-order chi connectivity index (χ1) is 14.2. The van der Waals surface area contributed by atoms with Crippen molar-refractivity contribution in [3.05, 3.63) is 34.9 Å². The van der Waals surface area contributed by atoms with Crippen LogP contribution in [0.1, 0.15) is 86.0 Å². The fourth-order valence-corrected chi connectivity index (χ4v) is 5.09. The summed E-state index contributed by atoms with van der Waals surface area (Å²) < 4.78 is 13.1. The number of carbonyl (C=O) groups is 1. The Labute approximate surface area is 182 Å². The SMILES string of the molecule is CC(C)=CCCC(C)CC[C@@H]1CCC[C@]2(C=C(CO)[C@@]3(C)CC(=O)C(C)=C[C@H]3O2)O1. The van der Waals surface area contributed by atoms with Gasteiger partial charge in [0.15, 0.2) is 11.6 Å². The van der Waals surface area contributed by atoms with Gasteiger partial charge in [-0.05, 0) is 88.5 Å². The maximum absolute atomic E-state index is 12.3. The van der Waals surface area contributed by atoms with Gasteiger partial charge in [0.25, 0.3) is 0 Å². The second kappa shape index (κ2) is 9.50. The number of aliphatic hydroxyl groups excluding tert-OH is 1. The number of aliphatic hydroxyl groups is 1. The van der Waals surface area contributed by atoms with Crippen molar-refractivity contribution in [2.75, 3.05) is 6.61 Å². The molecule has 2 aliphatic heterocycles. The van der Waals surface area contributed by atoms with Gasteiger partial charge in [-0.1, -0.05) is 25.5 Å². The second-order valence-corrected chi connectivity index (χ2v) is 10.2. The number of ether oxygens (including phenoxy) is 2. The predicted octanol–water partition coefficient (Wildman–Crippen LogP) is 5.66. The minimum atomic E-state index is -0.770. The van der Waals surface area contributed by atoms with Crippen LogP contribution in [0.4, 0.5) is 0 Å². The summed E-state index contributed by atoms with van der Waals surface area (Å²) in [6, 6.07) is 0. The van der Waals surface area contributed by atoms with Crippen molar-refractivity contribution >= 4 is 5.78 Å². The van der Waals surface area contributed by atoms with E-state index in [1.807, 2.05) is 26.0 Å². The molecule has 0 aromatic heterocycles. The van der Waals surface area contributed by atoms with Crippen LogP contribution >= 0.6 is 0 Å². The van der Waals surface area contributed by atoms with E-state index < -0.39 is 11.2 Å². The minimum absolute atomic E-state index is 0.0618. The summed E-state index contributed by atoms with van der Waals surface area (Å²) in [6.45, 7) is 10.5. The van der Waals surface area contributed by atoms with Gasteiger partial charge in [0, 0.05) is 18.3 Å². The lowest BCUT2D eigenvalue weighted by molar-refractivity contribution is -0.283. The van der Waals surface area contributed by atoms with Crippen molar-refractivity contribution in [1.29, 1.82) is 0 Å². The lowest BCUT2D eigenvalue weighted by atomic mass is 9.67. The topological polar surface area (TPSA) is 55.8 Å². The molecule has 1 fully saturated rings. The van der Waals surface area contributed by atoms with Crippen molar-refractivity contribution in [3.8, 4) is 0 Å². The van der Waals surface area contributed by atoms with Gasteiger partial charge in [-0.2, -0.15) is 0 Å². The molecule has 0 aromatic rings. The van der Waals surface area contributed by atoms with Crippen LogP contribution in [0.15, 0.2) is 34.9 Å². The fraction of sp³-hybridized carbons (Fsp3) is 0.731. The normalized spacial score (nSPS) is 34.8. The Morgan fingerprint density at radius 1 is 1.33 bits per heavy atom. The quantitative estimate of drug-likeness (QED) is 0.544. The van der Waals surface area contributed by atoms with Crippen molar-refractivity contribution in [1.82, 2.24) is 0 Å². The Morgan fingerprint density at radius 2 is 2.10 bits per heavy atom. The first-order valence-electron chi connectivity index (χ1n) is 11.7.